The number of ether oxygens (including phenoxy) is 1. The molecule has 0 bridgehead atoms. The maximum atomic E-state index is 12.4. The fraction of sp³-hybridized carbons (Fsp3) is 0.533. The second kappa shape index (κ2) is 8.01. The molecule has 22 heavy (non-hydrogen) atoms. The zero-order valence-electron chi connectivity index (χ0n) is 12.5. The van der Waals surface area contributed by atoms with E-state index >= 15 is 0 Å². The molecule has 2 atom stereocenters. The van der Waals surface area contributed by atoms with Crippen LogP contribution in [0.1, 0.15) is 18.9 Å². The first kappa shape index (κ1) is 18.3. The van der Waals surface area contributed by atoms with E-state index < -0.39 is 17.8 Å². The molecule has 0 radical (unpaired) electrons. The number of nitriles is 1. The quantitative estimate of drug-likeness (QED) is 0.840. The van der Waals surface area contributed by atoms with E-state index in [1.165, 1.54) is 12.1 Å². The zero-order chi connectivity index (χ0) is 16.8. The first-order chi connectivity index (χ1) is 10.2. The maximum Gasteiger partial charge on any atom is 0.416 e. The minimum Gasteiger partial charge on any atom is -0.491 e. The van der Waals surface area contributed by atoms with Crippen LogP contribution in [0.25, 0.3) is 0 Å². The van der Waals surface area contributed by atoms with Gasteiger partial charge in [0.2, 0.25) is 0 Å². The van der Waals surface area contributed by atoms with Gasteiger partial charge in [-0.1, -0.05) is 0 Å². The predicted octanol–water partition coefficient (Wildman–Crippen LogP) is 2.68. The summed E-state index contributed by atoms with van der Waals surface area (Å²) in [6.45, 7) is 2.14. The number of rotatable bonds is 7. The van der Waals surface area contributed by atoms with Crippen molar-refractivity contribution < 1.29 is 23.0 Å². The molecule has 0 spiro atoms. The van der Waals surface area contributed by atoms with Gasteiger partial charge in [-0.15, -0.1) is 0 Å². The summed E-state index contributed by atoms with van der Waals surface area (Å²) in [5, 5.41) is 18.5. The third kappa shape index (κ3) is 5.92. The van der Waals surface area contributed by atoms with Crippen LogP contribution in [0, 0.1) is 11.3 Å². The Morgan fingerprint density at radius 3 is 2.41 bits per heavy atom. The summed E-state index contributed by atoms with van der Waals surface area (Å²) in [7, 11) is 1.78. The number of hydrogen-bond acceptors (Lipinski definition) is 4. The van der Waals surface area contributed by atoms with Gasteiger partial charge in [0.15, 0.2) is 0 Å². The fourth-order valence-corrected chi connectivity index (χ4v) is 1.79. The van der Waals surface area contributed by atoms with Gasteiger partial charge < -0.3 is 9.84 Å². The van der Waals surface area contributed by atoms with Crippen LogP contribution in [0.5, 0.6) is 5.75 Å². The van der Waals surface area contributed by atoms with Crippen molar-refractivity contribution in [3.05, 3.63) is 29.8 Å². The van der Waals surface area contributed by atoms with Gasteiger partial charge in [0.05, 0.1) is 18.1 Å². The van der Waals surface area contributed by atoms with Crippen molar-refractivity contribution in [3.8, 4) is 11.8 Å². The van der Waals surface area contributed by atoms with Crippen LogP contribution in [-0.4, -0.2) is 42.4 Å². The summed E-state index contributed by atoms with van der Waals surface area (Å²) in [6, 6.07) is 6.36. The van der Waals surface area contributed by atoms with Crippen molar-refractivity contribution in [1.29, 1.82) is 5.26 Å². The minimum atomic E-state index is -4.38. The zero-order valence-corrected chi connectivity index (χ0v) is 12.5. The van der Waals surface area contributed by atoms with E-state index in [1.807, 2.05) is 11.8 Å². The van der Waals surface area contributed by atoms with Crippen LogP contribution in [0.3, 0.4) is 0 Å². The number of halogens is 3. The molecular weight excluding hydrogens is 297 g/mol. The van der Waals surface area contributed by atoms with Crippen LogP contribution >= 0.6 is 0 Å². The van der Waals surface area contributed by atoms with E-state index in [1.54, 1.807) is 7.05 Å². The molecule has 0 saturated carbocycles. The largest absolute Gasteiger partial charge is 0.491 e. The molecule has 1 aromatic rings. The molecule has 0 aliphatic heterocycles. The number of benzene rings is 1. The fourth-order valence-electron chi connectivity index (χ4n) is 1.79. The van der Waals surface area contributed by atoms with Gasteiger partial charge in [-0.2, -0.15) is 18.4 Å². The molecule has 0 aliphatic rings. The summed E-state index contributed by atoms with van der Waals surface area (Å²) in [6.07, 6.45) is -4.82. The van der Waals surface area contributed by atoms with Gasteiger partial charge in [-0.3, -0.25) is 4.90 Å². The maximum absolute atomic E-state index is 12.4. The lowest BCUT2D eigenvalue weighted by molar-refractivity contribution is -0.137. The first-order valence-electron chi connectivity index (χ1n) is 6.79. The summed E-state index contributed by atoms with van der Waals surface area (Å²) in [4.78, 5) is 1.82. The molecule has 7 heteroatoms. The number of likely N-dealkylation sites (N-methyl/N-ethyl adjacent to an activating group) is 1. The van der Waals surface area contributed by atoms with Crippen molar-refractivity contribution in [3.63, 3.8) is 0 Å². The van der Waals surface area contributed by atoms with E-state index in [2.05, 4.69) is 6.07 Å². The molecule has 2 unspecified atom stereocenters. The van der Waals surface area contributed by atoms with Gasteiger partial charge in [-0.25, -0.2) is 0 Å². The highest BCUT2D eigenvalue weighted by Crippen LogP contribution is 2.30. The average molecular weight is 316 g/mol. The normalized spacial score (nSPS) is 14.5. The van der Waals surface area contributed by atoms with Crippen molar-refractivity contribution in [2.45, 2.75) is 31.7 Å². The predicted molar refractivity (Wildman–Crippen MR) is 75.3 cm³/mol. The molecular formula is C15H19F3N2O2. The molecule has 0 saturated heterocycles. The highest BCUT2D eigenvalue weighted by Gasteiger charge is 2.30. The van der Waals surface area contributed by atoms with E-state index in [4.69, 9.17) is 10.00 Å². The number of aliphatic hydroxyl groups excluding tert-OH is 1. The van der Waals surface area contributed by atoms with Gasteiger partial charge >= 0.3 is 6.18 Å². The lowest BCUT2D eigenvalue weighted by Gasteiger charge is -2.25. The summed E-state index contributed by atoms with van der Waals surface area (Å²) in [5.41, 5.74) is -0.745. The Balaban J connectivity index is 2.44. The smallest absolute Gasteiger partial charge is 0.416 e. The summed E-state index contributed by atoms with van der Waals surface area (Å²) in [5.74, 6) is 0.264. The van der Waals surface area contributed by atoms with Crippen LogP contribution in [0.4, 0.5) is 13.2 Å². The van der Waals surface area contributed by atoms with Gasteiger partial charge in [0.1, 0.15) is 18.5 Å². The third-order valence-corrected chi connectivity index (χ3v) is 3.26. The number of hydrogen-bond donors (Lipinski definition) is 1. The Bertz CT molecular complexity index is 497. The molecule has 1 aromatic carbocycles. The Morgan fingerprint density at radius 2 is 1.91 bits per heavy atom. The Morgan fingerprint density at radius 1 is 1.32 bits per heavy atom. The van der Waals surface area contributed by atoms with Crippen LogP contribution < -0.4 is 4.74 Å². The first-order valence-corrected chi connectivity index (χ1v) is 6.79. The van der Waals surface area contributed by atoms with Crippen molar-refractivity contribution in [2.75, 3.05) is 20.2 Å². The van der Waals surface area contributed by atoms with Gasteiger partial charge in [0, 0.05) is 12.6 Å². The van der Waals surface area contributed by atoms with Crippen LogP contribution in [0.2, 0.25) is 0 Å². The molecule has 0 heterocycles. The second-order valence-corrected chi connectivity index (χ2v) is 5.14. The molecule has 0 fully saturated rings. The molecule has 1 rings (SSSR count). The van der Waals surface area contributed by atoms with Gasteiger partial charge in [0.25, 0.3) is 0 Å². The van der Waals surface area contributed by atoms with E-state index in [-0.39, 0.29) is 18.4 Å². The lowest BCUT2D eigenvalue weighted by Crippen LogP contribution is -2.38. The van der Waals surface area contributed by atoms with Crippen molar-refractivity contribution in [2.24, 2.45) is 0 Å². The molecule has 4 nitrogen and oxygen atoms in total. The Kier molecular flexibility index (Phi) is 6.65. The summed E-state index contributed by atoms with van der Waals surface area (Å²) >= 11 is 0. The molecule has 0 aromatic heterocycles. The van der Waals surface area contributed by atoms with Crippen molar-refractivity contribution in [1.82, 2.24) is 4.90 Å². The SMILES string of the molecule is CC(CC#N)N(C)CC(O)COc1ccc(C(F)(F)F)cc1. The van der Waals surface area contributed by atoms with E-state index in [0.29, 0.717) is 13.0 Å². The van der Waals surface area contributed by atoms with Crippen molar-refractivity contribution >= 4 is 0 Å². The van der Waals surface area contributed by atoms with Gasteiger partial charge in [-0.05, 0) is 38.2 Å². The topological polar surface area (TPSA) is 56.5 Å². The average Bonchev–Trinajstić information content (AvgIpc) is 2.45. The Labute approximate surface area is 127 Å². The number of aliphatic hydroxyl groups is 1. The lowest BCUT2D eigenvalue weighted by atomic mass is 10.2. The van der Waals surface area contributed by atoms with E-state index in [9.17, 15) is 18.3 Å². The standard InChI is InChI=1S/C15H19F3N2O2/c1-11(7-8-19)20(2)9-13(21)10-22-14-5-3-12(4-6-14)15(16,17)18/h3-6,11,13,21H,7,9-10H2,1-2H3. The highest BCUT2D eigenvalue weighted by molar-refractivity contribution is 5.28. The molecule has 0 aliphatic carbocycles. The Hall–Kier alpha value is -1.78. The summed E-state index contributed by atoms with van der Waals surface area (Å²) < 4.78 is 42.5. The molecule has 1 N–H and O–H groups in total. The monoisotopic (exact) mass is 316 g/mol. The molecule has 0 amide bonds. The second-order valence-electron chi connectivity index (χ2n) is 5.14. The van der Waals surface area contributed by atoms with Crippen LogP contribution in [-0.2, 0) is 6.18 Å². The number of nitrogens with zero attached hydrogens (tertiary/aromatic N) is 2. The minimum absolute atomic E-state index is 0.00530. The highest BCUT2D eigenvalue weighted by atomic mass is 19.4. The molecule has 122 valence electrons. The number of alkyl halides is 3. The van der Waals surface area contributed by atoms with E-state index in [0.717, 1.165) is 12.1 Å². The van der Waals surface area contributed by atoms with Crippen LogP contribution in [0.15, 0.2) is 24.3 Å². The third-order valence-electron chi connectivity index (χ3n) is 3.26.